The quantitative estimate of drug-likeness (QED) is 0.0823. The Morgan fingerprint density at radius 1 is 0.581 bits per heavy atom. The largest absolute Gasteiger partial charge is 0.308 e. The fraction of sp³-hybridized carbons (Fsp3) is 0.536. The van der Waals surface area contributed by atoms with Crippen LogP contribution < -0.4 is 11.3 Å². The van der Waals surface area contributed by atoms with Gasteiger partial charge in [0, 0.05) is 5.56 Å². The molecule has 0 radical (unpaired) electrons. The van der Waals surface area contributed by atoms with Gasteiger partial charge in [0.15, 0.2) is 0 Å². The van der Waals surface area contributed by atoms with Crippen LogP contribution in [0, 0.1) is 5.41 Å². The molecular weight excluding hydrogens is 378 g/mol. The number of benzene rings is 2. The van der Waals surface area contributed by atoms with Crippen molar-refractivity contribution in [2.45, 2.75) is 96.3 Å². The highest BCUT2D eigenvalue weighted by molar-refractivity contribution is 5.95. The third-order valence-corrected chi connectivity index (χ3v) is 6.13. The SMILES string of the molecule is N=C(NN)c1cccc(CCCCCCCCCCCCCCCc2ccccc2)c1. The van der Waals surface area contributed by atoms with E-state index in [1.165, 1.54) is 101 Å². The second-order valence-electron chi connectivity index (χ2n) is 8.80. The van der Waals surface area contributed by atoms with Crippen LogP contribution in [0.15, 0.2) is 54.6 Å². The third kappa shape index (κ3) is 11.7. The number of amidine groups is 1. The van der Waals surface area contributed by atoms with E-state index in [0.717, 1.165) is 12.0 Å². The molecule has 0 bridgehead atoms. The molecule has 170 valence electrons. The predicted octanol–water partition coefficient (Wildman–Crippen LogP) is 7.33. The average molecular weight is 422 g/mol. The normalized spacial score (nSPS) is 10.9. The van der Waals surface area contributed by atoms with E-state index in [-0.39, 0.29) is 5.84 Å². The molecule has 31 heavy (non-hydrogen) atoms. The Morgan fingerprint density at radius 3 is 1.55 bits per heavy atom. The molecule has 0 aliphatic carbocycles. The van der Waals surface area contributed by atoms with Crippen molar-refractivity contribution >= 4 is 5.84 Å². The molecule has 3 heteroatoms. The smallest absolute Gasteiger partial charge is 0.139 e. The van der Waals surface area contributed by atoms with Crippen LogP contribution in [0.2, 0.25) is 0 Å². The van der Waals surface area contributed by atoms with Crippen LogP contribution in [0.4, 0.5) is 0 Å². The summed E-state index contributed by atoms with van der Waals surface area (Å²) < 4.78 is 0. The number of hydrogen-bond donors (Lipinski definition) is 3. The number of nitrogens with one attached hydrogen (secondary N) is 2. The molecule has 0 amide bonds. The van der Waals surface area contributed by atoms with Gasteiger partial charge < -0.3 is 5.43 Å². The van der Waals surface area contributed by atoms with Crippen molar-refractivity contribution in [2.75, 3.05) is 0 Å². The van der Waals surface area contributed by atoms with Gasteiger partial charge in [0.1, 0.15) is 5.84 Å². The minimum Gasteiger partial charge on any atom is -0.308 e. The van der Waals surface area contributed by atoms with Gasteiger partial charge in [0.2, 0.25) is 0 Å². The molecule has 0 atom stereocenters. The second-order valence-corrected chi connectivity index (χ2v) is 8.80. The van der Waals surface area contributed by atoms with Gasteiger partial charge in [0.05, 0.1) is 0 Å². The Bertz CT molecular complexity index is 711. The van der Waals surface area contributed by atoms with Crippen LogP contribution in [0.3, 0.4) is 0 Å². The van der Waals surface area contributed by atoms with Crippen LogP contribution in [0.1, 0.15) is 100 Å². The molecule has 0 heterocycles. The molecule has 0 spiro atoms. The molecule has 4 N–H and O–H groups in total. The van der Waals surface area contributed by atoms with Crippen LogP contribution in [0.5, 0.6) is 0 Å². The molecule has 2 aromatic rings. The number of nitrogens with two attached hydrogens (primary N) is 1. The van der Waals surface area contributed by atoms with E-state index in [1.54, 1.807) is 0 Å². The van der Waals surface area contributed by atoms with Gasteiger partial charge >= 0.3 is 0 Å². The lowest BCUT2D eigenvalue weighted by atomic mass is 10.0. The maximum absolute atomic E-state index is 7.76. The van der Waals surface area contributed by atoms with Gasteiger partial charge in [-0.25, -0.2) is 5.84 Å². The molecule has 2 aromatic carbocycles. The van der Waals surface area contributed by atoms with Gasteiger partial charge in [-0.15, -0.1) is 0 Å². The van der Waals surface area contributed by atoms with Gasteiger partial charge in [-0.2, -0.15) is 0 Å². The van der Waals surface area contributed by atoms with Crippen molar-refractivity contribution in [1.29, 1.82) is 5.41 Å². The van der Waals surface area contributed by atoms with E-state index >= 15 is 0 Å². The van der Waals surface area contributed by atoms with Gasteiger partial charge in [0.25, 0.3) is 0 Å². The first-order chi connectivity index (χ1) is 15.3. The maximum Gasteiger partial charge on any atom is 0.139 e. The molecule has 0 saturated carbocycles. The summed E-state index contributed by atoms with van der Waals surface area (Å²) in [6.45, 7) is 0. The van der Waals surface area contributed by atoms with Crippen LogP contribution in [0.25, 0.3) is 0 Å². The molecule has 0 aliphatic heterocycles. The standard InChI is InChI=1S/C28H43N3/c29-28(31-30)27-23-17-22-26(24-27)21-14-11-9-7-5-3-1-2-4-6-8-10-13-18-25-19-15-12-16-20-25/h12,15-17,19-20,22-24H,1-11,13-14,18,21,30H2,(H2,29,31). The zero-order valence-corrected chi connectivity index (χ0v) is 19.4. The van der Waals surface area contributed by atoms with Crippen molar-refractivity contribution in [3.8, 4) is 0 Å². The molecule has 0 saturated heterocycles. The highest BCUT2D eigenvalue weighted by Gasteiger charge is 2.01. The van der Waals surface area contributed by atoms with Crippen LogP contribution in [-0.2, 0) is 12.8 Å². The van der Waals surface area contributed by atoms with E-state index < -0.39 is 0 Å². The zero-order valence-electron chi connectivity index (χ0n) is 19.4. The fourth-order valence-electron chi connectivity index (χ4n) is 4.21. The number of aryl methyl sites for hydroxylation is 2. The second kappa shape index (κ2) is 16.5. The first-order valence-corrected chi connectivity index (χ1v) is 12.5. The number of hydrazine groups is 1. The van der Waals surface area contributed by atoms with Crippen LogP contribution in [-0.4, -0.2) is 5.84 Å². The van der Waals surface area contributed by atoms with Crippen LogP contribution >= 0.6 is 0 Å². The Labute approximate surface area is 190 Å². The fourth-order valence-corrected chi connectivity index (χ4v) is 4.21. The van der Waals surface area contributed by atoms with Crippen molar-refractivity contribution in [2.24, 2.45) is 5.84 Å². The Kier molecular flexibility index (Phi) is 13.4. The monoisotopic (exact) mass is 421 g/mol. The summed E-state index contributed by atoms with van der Waals surface area (Å²) >= 11 is 0. The lowest BCUT2D eigenvalue weighted by molar-refractivity contribution is 0.536. The van der Waals surface area contributed by atoms with Crippen molar-refractivity contribution in [1.82, 2.24) is 5.43 Å². The minimum absolute atomic E-state index is 0.282. The van der Waals surface area contributed by atoms with Crippen molar-refractivity contribution < 1.29 is 0 Å². The van der Waals surface area contributed by atoms with E-state index in [1.807, 2.05) is 12.1 Å². The summed E-state index contributed by atoms with van der Waals surface area (Å²) in [4.78, 5) is 0. The molecule has 0 unspecified atom stereocenters. The van der Waals surface area contributed by atoms with Crippen molar-refractivity contribution in [3.05, 3.63) is 71.3 Å². The highest BCUT2D eigenvalue weighted by atomic mass is 15.2. The first kappa shape index (κ1) is 25.1. The number of rotatable bonds is 17. The number of unbranched alkanes of at least 4 members (excludes halogenated alkanes) is 12. The summed E-state index contributed by atoms with van der Waals surface area (Å²) in [6, 6.07) is 19.0. The highest BCUT2D eigenvalue weighted by Crippen LogP contribution is 2.15. The molecule has 0 aliphatic rings. The van der Waals surface area contributed by atoms with Crippen molar-refractivity contribution in [3.63, 3.8) is 0 Å². The molecule has 2 rings (SSSR count). The van der Waals surface area contributed by atoms with Gasteiger partial charge in [-0.05, 0) is 42.9 Å². The van der Waals surface area contributed by atoms with Gasteiger partial charge in [-0.1, -0.05) is 119 Å². The van der Waals surface area contributed by atoms with E-state index in [2.05, 4.69) is 47.9 Å². The Balaban J connectivity index is 1.33. The summed E-state index contributed by atoms with van der Waals surface area (Å²) in [5.74, 6) is 5.61. The average Bonchev–Trinajstić information content (AvgIpc) is 2.82. The number of hydrogen-bond acceptors (Lipinski definition) is 2. The Morgan fingerprint density at radius 2 is 1.03 bits per heavy atom. The minimum atomic E-state index is 0.282. The molecule has 3 nitrogen and oxygen atoms in total. The van der Waals surface area contributed by atoms with E-state index in [9.17, 15) is 0 Å². The lowest BCUT2D eigenvalue weighted by Gasteiger charge is -2.06. The van der Waals surface area contributed by atoms with Gasteiger partial charge in [-0.3, -0.25) is 5.41 Å². The summed E-state index contributed by atoms with van der Waals surface area (Å²) in [7, 11) is 0. The first-order valence-electron chi connectivity index (χ1n) is 12.5. The third-order valence-electron chi connectivity index (χ3n) is 6.13. The summed E-state index contributed by atoms with van der Waals surface area (Å²) in [6.07, 6.45) is 20.2. The summed E-state index contributed by atoms with van der Waals surface area (Å²) in [5.41, 5.74) is 6.07. The molecule has 0 aromatic heterocycles. The topological polar surface area (TPSA) is 61.9 Å². The predicted molar refractivity (Wildman–Crippen MR) is 134 cm³/mol. The van der Waals surface area contributed by atoms with E-state index in [4.69, 9.17) is 11.3 Å². The molecular formula is C28H43N3. The van der Waals surface area contributed by atoms with E-state index in [0.29, 0.717) is 0 Å². The lowest BCUT2D eigenvalue weighted by Crippen LogP contribution is -2.30. The Hall–Kier alpha value is -2.13. The maximum atomic E-state index is 7.76. The summed E-state index contributed by atoms with van der Waals surface area (Å²) in [5, 5.41) is 7.76. The zero-order chi connectivity index (χ0) is 22.0. The molecule has 0 fully saturated rings.